The van der Waals surface area contributed by atoms with Gasteiger partial charge in [0, 0.05) is 56.9 Å². The number of Topliss-reactive ketones (excluding diaryl/α,β-unsaturated/α-hetero) is 1. The molecule has 1 amide bonds. The number of pyridine rings is 2. The zero-order valence-electron chi connectivity index (χ0n) is 29.1. The maximum Gasteiger partial charge on any atom is 0.410 e. The van der Waals surface area contributed by atoms with Crippen LogP contribution in [0.4, 0.5) is 22.2 Å². The van der Waals surface area contributed by atoms with Crippen LogP contribution < -0.4 is 15.8 Å². The van der Waals surface area contributed by atoms with Crippen LogP contribution in [0.1, 0.15) is 94.6 Å². The molecule has 0 bridgehead atoms. The Morgan fingerprint density at radius 2 is 1.67 bits per heavy atom. The number of hydrogen-bond acceptors (Lipinski definition) is 10. The molecule has 1 aliphatic carbocycles. The molecule has 12 heteroatoms. The van der Waals surface area contributed by atoms with Crippen molar-refractivity contribution in [3.05, 3.63) is 46.0 Å². The van der Waals surface area contributed by atoms with Gasteiger partial charge >= 0.3 is 6.09 Å². The van der Waals surface area contributed by atoms with E-state index in [9.17, 15) is 14.4 Å². The first kappa shape index (κ1) is 33.8. The van der Waals surface area contributed by atoms with Gasteiger partial charge in [0.05, 0.1) is 17.4 Å². The Morgan fingerprint density at radius 1 is 0.958 bits per heavy atom. The second-order valence-electron chi connectivity index (χ2n) is 14.7. The van der Waals surface area contributed by atoms with Gasteiger partial charge in [-0.3, -0.25) is 19.1 Å². The van der Waals surface area contributed by atoms with Gasteiger partial charge < -0.3 is 19.9 Å². The Bertz CT molecular complexity index is 1680. The number of likely N-dealkylation sites (tertiary alicyclic amines) is 1. The maximum absolute atomic E-state index is 13.5. The highest BCUT2D eigenvalue weighted by molar-refractivity contribution is 5.99. The van der Waals surface area contributed by atoms with Gasteiger partial charge in [0.1, 0.15) is 17.1 Å². The molecule has 3 aromatic rings. The van der Waals surface area contributed by atoms with Crippen LogP contribution in [0.25, 0.3) is 11.0 Å². The molecule has 0 radical (unpaired) electrons. The minimum absolute atomic E-state index is 0.0309. The van der Waals surface area contributed by atoms with E-state index in [4.69, 9.17) is 9.72 Å². The first-order valence-electron chi connectivity index (χ1n) is 17.6. The molecule has 3 fully saturated rings. The smallest absolute Gasteiger partial charge is 0.410 e. The molecule has 5 heterocycles. The number of carbonyl (C=O) groups is 2. The number of fused-ring (bicyclic) bond motifs is 1. The average Bonchev–Trinajstić information content (AvgIpc) is 3.58. The number of anilines is 3. The van der Waals surface area contributed by atoms with Crippen LogP contribution in [-0.2, 0) is 4.74 Å². The SMILES string of the molecule is CC(=O)c1c(C)c2cnc(Nc3ccc(N4CCN(CCC5CCN(C(=O)OC(C)(C)C)CC5)CC4)cn3)nc2n(C2CCCC2)c1=O. The number of ether oxygens (including phenoxy) is 1. The Balaban J connectivity index is 1.02. The van der Waals surface area contributed by atoms with Crippen molar-refractivity contribution in [1.29, 1.82) is 0 Å². The van der Waals surface area contributed by atoms with Crippen LogP contribution in [0.2, 0.25) is 0 Å². The maximum atomic E-state index is 13.5. The van der Waals surface area contributed by atoms with Crippen molar-refractivity contribution in [2.45, 2.75) is 91.2 Å². The van der Waals surface area contributed by atoms with Gasteiger partial charge in [-0.2, -0.15) is 4.98 Å². The third-order valence-corrected chi connectivity index (χ3v) is 10.1. The predicted molar refractivity (Wildman–Crippen MR) is 187 cm³/mol. The molecule has 0 aromatic carbocycles. The third kappa shape index (κ3) is 7.64. The molecule has 0 unspecified atom stereocenters. The highest BCUT2D eigenvalue weighted by Crippen LogP contribution is 2.32. The van der Waals surface area contributed by atoms with E-state index in [0.29, 0.717) is 28.9 Å². The van der Waals surface area contributed by atoms with Gasteiger partial charge in [-0.05, 0) is 96.9 Å². The van der Waals surface area contributed by atoms with E-state index in [1.807, 2.05) is 37.9 Å². The summed E-state index contributed by atoms with van der Waals surface area (Å²) in [4.78, 5) is 59.0. The van der Waals surface area contributed by atoms with Crippen LogP contribution in [0.5, 0.6) is 0 Å². The molecule has 1 saturated carbocycles. The number of aromatic nitrogens is 4. The van der Waals surface area contributed by atoms with Crippen molar-refractivity contribution in [3.63, 3.8) is 0 Å². The van der Waals surface area contributed by atoms with Gasteiger partial charge in [0.25, 0.3) is 5.56 Å². The first-order chi connectivity index (χ1) is 23.0. The van der Waals surface area contributed by atoms with E-state index in [-0.39, 0.29) is 29.0 Å². The molecule has 48 heavy (non-hydrogen) atoms. The number of hydrogen-bond donors (Lipinski definition) is 1. The molecule has 6 rings (SSSR count). The predicted octanol–water partition coefficient (Wildman–Crippen LogP) is 5.72. The fourth-order valence-corrected chi connectivity index (χ4v) is 7.40. The van der Waals surface area contributed by atoms with Crippen LogP contribution in [0.15, 0.2) is 29.3 Å². The van der Waals surface area contributed by atoms with Crippen LogP contribution >= 0.6 is 0 Å². The van der Waals surface area contributed by atoms with Crippen LogP contribution in [0.3, 0.4) is 0 Å². The summed E-state index contributed by atoms with van der Waals surface area (Å²) in [6, 6.07) is 4.04. The number of aryl methyl sites for hydroxylation is 1. The normalized spacial score (nSPS) is 18.4. The van der Waals surface area contributed by atoms with Gasteiger partial charge in [-0.1, -0.05) is 12.8 Å². The number of piperidine rings is 1. The summed E-state index contributed by atoms with van der Waals surface area (Å²) in [5.74, 6) is 1.41. The lowest BCUT2D eigenvalue weighted by atomic mass is 9.93. The minimum Gasteiger partial charge on any atom is -0.444 e. The lowest BCUT2D eigenvalue weighted by Gasteiger charge is -2.37. The fourth-order valence-electron chi connectivity index (χ4n) is 7.40. The van der Waals surface area contributed by atoms with Crippen molar-refractivity contribution in [3.8, 4) is 0 Å². The Morgan fingerprint density at radius 3 is 2.29 bits per heavy atom. The number of ketones is 1. The molecule has 3 aliphatic rings. The molecule has 3 aromatic heterocycles. The lowest BCUT2D eigenvalue weighted by molar-refractivity contribution is 0.0177. The van der Waals surface area contributed by atoms with Crippen molar-refractivity contribution in [1.82, 2.24) is 29.3 Å². The van der Waals surface area contributed by atoms with Crippen LogP contribution in [0, 0.1) is 12.8 Å². The fraction of sp³-hybridized carbons (Fsp3) is 0.611. The molecular weight excluding hydrogens is 608 g/mol. The average molecular weight is 659 g/mol. The zero-order valence-corrected chi connectivity index (χ0v) is 29.1. The summed E-state index contributed by atoms with van der Waals surface area (Å²) < 4.78 is 7.27. The molecule has 1 N–H and O–H groups in total. The van der Waals surface area contributed by atoms with E-state index in [0.717, 1.165) is 102 Å². The summed E-state index contributed by atoms with van der Waals surface area (Å²) in [6.45, 7) is 15.5. The number of amides is 1. The monoisotopic (exact) mass is 658 g/mol. The summed E-state index contributed by atoms with van der Waals surface area (Å²) in [5.41, 5.74) is 1.79. The summed E-state index contributed by atoms with van der Waals surface area (Å²) in [7, 11) is 0. The topological polar surface area (TPSA) is 126 Å². The largest absolute Gasteiger partial charge is 0.444 e. The number of carbonyl (C=O) groups excluding carboxylic acids is 2. The highest BCUT2D eigenvalue weighted by atomic mass is 16.6. The molecule has 0 spiro atoms. The molecule has 0 atom stereocenters. The second kappa shape index (κ2) is 14.2. The lowest BCUT2D eigenvalue weighted by Crippen LogP contribution is -2.47. The summed E-state index contributed by atoms with van der Waals surface area (Å²) >= 11 is 0. The number of nitrogens with zero attached hydrogens (tertiary/aromatic N) is 7. The molecule has 2 saturated heterocycles. The highest BCUT2D eigenvalue weighted by Gasteiger charge is 2.28. The van der Waals surface area contributed by atoms with E-state index < -0.39 is 5.60 Å². The summed E-state index contributed by atoms with van der Waals surface area (Å²) in [5, 5.41) is 3.95. The standard InChI is InChI=1S/C36H50N8O4/c1-24-29-23-38-34(40-32(29)44(27-8-6-7-9-27)33(46)31(24)25(2)45)39-30-11-10-28(22-37-30)42-20-18-41(19-21-42)15-12-26-13-16-43(17-14-26)35(47)48-36(3,4)5/h10-11,22-23,26-27H,6-9,12-21H2,1-5H3,(H,37,38,39,40). The second-order valence-corrected chi connectivity index (χ2v) is 14.7. The van der Waals surface area contributed by atoms with Crippen molar-refractivity contribution >= 4 is 40.4 Å². The Kier molecular flexibility index (Phi) is 10.0. The van der Waals surface area contributed by atoms with Crippen molar-refractivity contribution in [2.75, 3.05) is 56.0 Å². The molecule has 2 aliphatic heterocycles. The first-order valence-corrected chi connectivity index (χ1v) is 17.6. The minimum atomic E-state index is -0.454. The summed E-state index contributed by atoms with van der Waals surface area (Å²) in [6.07, 6.45) is 10.5. The van der Waals surface area contributed by atoms with E-state index in [2.05, 4.69) is 31.2 Å². The van der Waals surface area contributed by atoms with Crippen LogP contribution in [-0.4, -0.2) is 92.6 Å². The Hall–Kier alpha value is -4.06. The number of rotatable bonds is 8. The molecule has 12 nitrogen and oxygen atoms in total. The van der Waals surface area contributed by atoms with E-state index in [1.54, 1.807) is 17.7 Å². The van der Waals surface area contributed by atoms with Gasteiger partial charge in [-0.25, -0.2) is 14.8 Å². The van der Waals surface area contributed by atoms with Gasteiger partial charge in [0.2, 0.25) is 5.95 Å². The zero-order chi connectivity index (χ0) is 34.0. The van der Waals surface area contributed by atoms with E-state index in [1.165, 1.54) is 6.92 Å². The number of nitrogens with one attached hydrogen (secondary N) is 1. The molecular formula is C36H50N8O4. The van der Waals surface area contributed by atoms with Gasteiger partial charge in [-0.15, -0.1) is 0 Å². The van der Waals surface area contributed by atoms with E-state index >= 15 is 0 Å². The Labute approximate surface area is 282 Å². The molecule has 258 valence electrons. The number of piperazine rings is 1. The van der Waals surface area contributed by atoms with Crippen molar-refractivity contribution in [2.24, 2.45) is 5.92 Å². The van der Waals surface area contributed by atoms with Crippen molar-refractivity contribution < 1.29 is 14.3 Å². The quantitative estimate of drug-likeness (QED) is 0.301. The third-order valence-electron chi connectivity index (χ3n) is 10.1. The van der Waals surface area contributed by atoms with Gasteiger partial charge in [0.15, 0.2) is 5.78 Å².